The molecule has 0 saturated heterocycles. The van der Waals surface area contributed by atoms with Crippen molar-refractivity contribution in [3.05, 3.63) is 47.0 Å². The van der Waals surface area contributed by atoms with Crippen molar-refractivity contribution in [3.63, 3.8) is 0 Å². The third-order valence-electron chi connectivity index (χ3n) is 5.66. The van der Waals surface area contributed by atoms with E-state index in [-0.39, 0.29) is 5.91 Å². The first kappa shape index (κ1) is 17.2. The van der Waals surface area contributed by atoms with E-state index in [4.69, 9.17) is 0 Å². The molecule has 6 heteroatoms. The Kier molecular flexibility index (Phi) is 5.02. The van der Waals surface area contributed by atoms with Gasteiger partial charge in [0, 0.05) is 51.2 Å². The second-order valence-corrected chi connectivity index (χ2v) is 7.62. The van der Waals surface area contributed by atoms with E-state index in [2.05, 4.69) is 20.3 Å². The predicted octanol–water partition coefficient (Wildman–Crippen LogP) is 2.64. The van der Waals surface area contributed by atoms with Crippen LogP contribution in [0.25, 0.3) is 0 Å². The number of carbonyl (C=O) groups is 1. The molecule has 4 rings (SSSR count). The van der Waals surface area contributed by atoms with Gasteiger partial charge in [-0.1, -0.05) is 25.3 Å². The van der Waals surface area contributed by atoms with Crippen molar-refractivity contribution in [3.8, 4) is 0 Å². The Morgan fingerprint density at radius 3 is 2.88 bits per heavy atom. The smallest absolute Gasteiger partial charge is 0.272 e. The molecule has 2 aromatic rings. The van der Waals surface area contributed by atoms with E-state index in [1.165, 1.54) is 37.8 Å². The maximum atomic E-state index is 12.7. The fraction of sp³-hybridized carbons (Fsp3) is 0.550. The average molecular weight is 353 g/mol. The highest BCUT2D eigenvalue weighted by atomic mass is 16.1. The second kappa shape index (κ2) is 7.58. The summed E-state index contributed by atoms with van der Waals surface area (Å²) in [7, 11) is 1.95. The lowest BCUT2D eigenvalue weighted by atomic mass is 9.89. The van der Waals surface area contributed by atoms with Crippen LogP contribution in [-0.2, 0) is 26.7 Å². The van der Waals surface area contributed by atoms with Crippen LogP contribution in [0.5, 0.6) is 0 Å². The molecular weight excluding hydrogens is 326 g/mol. The van der Waals surface area contributed by atoms with Crippen molar-refractivity contribution in [2.45, 2.75) is 51.7 Å². The third kappa shape index (κ3) is 3.65. The molecule has 138 valence electrons. The van der Waals surface area contributed by atoms with Crippen LogP contribution in [0.4, 0.5) is 0 Å². The van der Waals surface area contributed by atoms with Gasteiger partial charge in [0.2, 0.25) is 0 Å². The molecule has 0 spiro atoms. The molecule has 1 amide bonds. The van der Waals surface area contributed by atoms with E-state index >= 15 is 0 Å². The van der Waals surface area contributed by atoms with E-state index < -0.39 is 0 Å². The summed E-state index contributed by atoms with van der Waals surface area (Å²) < 4.78 is 1.88. The third-order valence-corrected chi connectivity index (χ3v) is 5.66. The largest absolute Gasteiger partial charge is 0.346 e. The molecule has 1 aliphatic carbocycles. The SMILES string of the molecule is Cn1nc(C(=O)NCc2cccnc2)c2c1CN(CC1CCCCC1)C2. The number of rotatable bonds is 5. The minimum Gasteiger partial charge on any atom is -0.346 e. The number of hydrogen-bond acceptors (Lipinski definition) is 4. The Morgan fingerprint density at radius 1 is 1.27 bits per heavy atom. The normalized spacial score (nSPS) is 18.0. The Hall–Kier alpha value is -2.21. The van der Waals surface area contributed by atoms with Crippen molar-refractivity contribution in [1.29, 1.82) is 0 Å². The van der Waals surface area contributed by atoms with E-state index in [9.17, 15) is 4.79 Å². The lowest BCUT2D eigenvalue weighted by Gasteiger charge is -2.26. The van der Waals surface area contributed by atoms with Gasteiger partial charge in [-0.2, -0.15) is 5.10 Å². The average Bonchev–Trinajstić information content (AvgIpc) is 3.21. The van der Waals surface area contributed by atoms with Crippen LogP contribution in [0.1, 0.15) is 59.4 Å². The maximum absolute atomic E-state index is 12.7. The van der Waals surface area contributed by atoms with Gasteiger partial charge in [0.1, 0.15) is 0 Å². The van der Waals surface area contributed by atoms with Crippen LogP contribution in [-0.4, -0.2) is 32.1 Å². The number of nitrogens with one attached hydrogen (secondary N) is 1. The van der Waals surface area contributed by atoms with Crippen LogP contribution in [0.2, 0.25) is 0 Å². The van der Waals surface area contributed by atoms with Crippen LogP contribution in [0, 0.1) is 5.92 Å². The van der Waals surface area contributed by atoms with Crippen molar-refractivity contribution in [2.75, 3.05) is 6.54 Å². The van der Waals surface area contributed by atoms with Crippen LogP contribution >= 0.6 is 0 Å². The number of aromatic nitrogens is 3. The zero-order valence-electron chi connectivity index (χ0n) is 15.4. The van der Waals surface area contributed by atoms with Crippen molar-refractivity contribution < 1.29 is 4.79 Å². The highest BCUT2D eigenvalue weighted by molar-refractivity contribution is 5.94. The van der Waals surface area contributed by atoms with Crippen molar-refractivity contribution in [2.24, 2.45) is 13.0 Å². The number of pyridine rings is 1. The molecule has 3 heterocycles. The summed E-state index contributed by atoms with van der Waals surface area (Å²) in [4.78, 5) is 19.2. The van der Waals surface area contributed by atoms with Gasteiger partial charge in [-0.05, 0) is 30.4 Å². The number of aryl methyl sites for hydroxylation is 1. The Balaban J connectivity index is 1.40. The fourth-order valence-electron chi connectivity index (χ4n) is 4.27. The molecule has 6 nitrogen and oxygen atoms in total. The highest BCUT2D eigenvalue weighted by Crippen LogP contribution is 2.30. The van der Waals surface area contributed by atoms with E-state index in [1.807, 2.05) is 23.9 Å². The first-order valence-corrected chi connectivity index (χ1v) is 9.65. The summed E-state index contributed by atoms with van der Waals surface area (Å²) in [6.07, 6.45) is 10.3. The Bertz CT molecular complexity index is 764. The highest BCUT2D eigenvalue weighted by Gasteiger charge is 2.30. The first-order chi connectivity index (χ1) is 12.7. The molecule has 2 aliphatic rings. The quantitative estimate of drug-likeness (QED) is 0.898. The zero-order valence-corrected chi connectivity index (χ0v) is 15.4. The molecule has 0 atom stereocenters. The second-order valence-electron chi connectivity index (χ2n) is 7.62. The molecule has 0 unspecified atom stereocenters. The van der Waals surface area contributed by atoms with E-state index in [0.717, 1.165) is 36.7 Å². The topological polar surface area (TPSA) is 63.1 Å². The first-order valence-electron chi connectivity index (χ1n) is 9.65. The van der Waals surface area contributed by atoms with Gasteiger partial charge in [0.15, 0.2) is 5.69 Å². The molecule has 0 radical (unpaired) electrons. The number of nitrogens with zero attached hydrogens (tertiary/aromatic N) is 4. The summed E-state index contributed by atoms with van der Waals surface area (Å²) >= 11 is 0. The molecule has 1 N–H and O–H groups in total. The molecule has 2 aromatic heterocycles. The van der Waals surface area contributed by atoms with Gasteiger partial charge in [0.05, 0.1) is 5.69 Å². The number of hydrogen-bond donors (Lipinski definition) is 1. The molecule has 0 bridgehead atoms. The van der Waals surface area contributed by atoms with Gasteiger partial charge in [0.25, 0.3) is 5.91 Å². The summed E-state index contributed by atoms with van der Waals surface area (Å²) in [5, 5.41) is 7.47. The molecular formula is C20H27N5O. The van der Waals surface area contributed by atoms with Gasteiger partial charge < -0.3 is 5.32 Å². The zero-order chi connectivity index (χ0) is 17.9. The number of fused-ring (bicyclic) bond motifs is 1. The molecule has 1 fully saturated rings. The van der Waals surface area contributed by atoms with Gasteiger partial charge in [-0.3, -0.25) is 19.4 Å². The summed E-state index contributed by atoms with van der Waals surface area (Å²) in [5.74, 6) is 0.721. The molecule has 1 aliphatic heterocycles. The predicted molar refractivity (Wildman–Crippen MR) is 99.3 cm³/mol. The summed E-state index contributed by atoms with van der Waals surface area (Å²) in [6, 6.07) is 3.84. The summed E-state index contributed by atoms with van der Waals surface area (Å²) in [5.41, 5.74) is 3.87. The fourth-order valence-corrected chi connectivity index (χ4v) is 4.27. The Labute approximate surface area is 154 Å². The van der Waals surface area contributed by atoms with Gasteiger partial charge in [-0.25, -0.2) is 0 Å². The molecule has 0 aromatic carbocycles. The maximum Gasteiger partial charge on any atom is 0.272 e. The lowest BCUT2D eigenvalue weighted by Crippen LogP contribution is -2.28. The Morgan fingerprint density at radius 2 is 2.12 bits per heavy atom. The number of amides is 1. The minimum absolute atomic E-state index is 0.0924. The van der Waals surface area contributed by atoms with E-state index in [0.29, 0.717) is 12.2 Å². The lowest BCUT2D eigenvalue weighted by molar-refractivity contribution is 0.0943. The monoisotopic (exact) mass is 353 g/mol. The van der Waals surface area contributed by atoms with Crippen LogP contribution in [0.15, 0.2) is 24.5 Å². The van der Waals surface area contributed by atoms with Crippen LogP contribution < -0.4 is 5.32 Å². The summed E-state index contributed by atoms with van der Waals surface area (Å²) in [6.45, 7) is 3.37. The standard InChI is InChI=1S/C20H27N5O/c1-24-18-14-25(12-15-6-3-2-4-7-15)13-17(18)19(23-24)20(26)22-11-16-8-5-9-21-10-16/h5,8-10,15H,2-4,6-7,11-14H2,1H3,(H,22,26). The molecule has 26 heavy (non-hydrogen) atoms. The van der Waals surface area contributed by atoms with Crippen molar-refractivity contribution >= 4 is 5.91 Å². The van der Waals surface area contributed by atoms with E-state index in [1.54, 1.807) is 12.4 Å². The van der Waals surface area contributed by atoms with Gasteiger partial charge >= 0.3 is 0 Å². The molecule has 1 saturated carbocycles. The van der Waals surface area contributed by atoms with Crippen molar-refractivity contribution in [1.82, 2.24) is 25.0 Å². The number of carbonyl (C=O) groups excluding carboxylic acids is 1. The van der Waals surface area contributed by atoms with Gasteiger partial charge in [-0.15, -0.1) is 0 Å². The minimum atomic E-state index is -0.0924. The van der Waals surface area contributed by atoms with Crippen LogP contribution in [0.3, 0.4) is 0 Å².